The Morgan fingerprint density at radius 1 is 1.39 bits per heavy atom. The van der Waals surface area contributed by atoms with E-state index in [2.05, 4.69) is 0 Å². The van der Waals surface area contributed by atoms with Crippen LogP contribution in [0.25, 0.3) is 0 Å². The van der Waals surface area contributed by atoms with Gasteiger partial charge in [0.1, 0.15) is 6.04 Å². The first-order chi connectivity index (χ1) is 8.57. The van der Waals surface area contributed by atoms with Gasteiger partial charge < -0.3 is 15.6 Å². The third-order valence-corrected chi connectivity index (χ3v) is 3.47. The fourth-order valence-corrected chi connectivity index (χ4v) is 2.49. The highest BCUT2D eigenvalue weighted by molar-refractivity contribution is 6.08. The molecule has 2 aliphatic rings. The lowest BCUT2D eigenvalue weighted by Gasteiger charge is -2.23. The van der Waals surface area contributed by atoms with Crippen molar-refractivity contribution in [1.29, 1.82) is 0 Å². The summed E-state index contributed by atoms with van der Waals surface area (Å²) in [6.45, 7) is 0.736. The molecule has 2 unspecified atom stereocenters. The van der Waals surface area contributed by atoms with Crippen molar-refractivity contribution in [2.75, 3.05) is 19.8 Å². The number of carbonyl (C=O) groups excluding carboxylic acids is 2. The first kappa shape index (κ1) is 13.0. The van der Waals surface area contributed by atoms with Crippen LogP contribution in [0.1, 0.15) is 12.8 Å². The summed E-state index contributed by atoms with van der Waals surface area (Å²) in [5.41, 5.74) is 5.34. The second-order valence-corrected chi connectivity index (χ2v) is 4.58. The maximum atomic E-state index is 12.0. The minimum Gasteiger partial charge on any atom is -0.480 e. The van der Waals surface area contributed by atoms with Crippen molar-refractivity contribution in [3.05, 3.63) is 0 Å². The van der Waals surface area contributed by atoms with E-state index < -0.39 is 35.7 Å². The van der Waals surface area contributed by atoms with Gasteiger partial charge >= 0.3 is 5.97 Å². The van der Waals surface area contributed by atoms with Gasteiger partial charge in [-0.05, 0) is 19.4 Å². The summed E-state index contributed by atoms with van der Waals surface area (Å²) in [7, 11) is 0. The predicted octanol–water partition coefficient (Wildman–Crippen LogP) is -1.19. The lowest BCUT2D eigenvalue weighted by Crippen LogP contribution is -2.46. The van der Waals surface area contributed by atoms with Gasteiger partial charge in [-0.15, -0.1) is 0 Å². The molecule has 7 heteroatoms. The minimum atomic E-state index is -1.16. The number of carboxylic acid groups (broad SMARTS) is 1. The Morgan fingerprint density at radius 3 is 2.39 bits per heavy atom. The number of likely N-dealkylation sites (tertiary alicyclic amines) is 1. The topological polar surface area (TPSA) is 110 Å². The number of ether oxygens (including phenoxy) is 1. The number of carbonyl (C=O) groups is 3. The first-order valence-electron chi connectivity index (χ1n) is 5.95. The van der Waals surface area contributed by atoms with Crippen molar-refractivity contribution in [2.45, 2.75) is 18.9 Å². The summed E-state index contributed by atoms with van der Waals surface area (Å²) in [4.78, 5) is 36.2. The van der Waals surface area contributed by atoms with Gasteiger partial charge in [-0.25, -0.2) is 4.79 Å². The van der Waals surface area contributed by atoms with Crippen LogP contribution in [0.5, 0.6) is 0 Å². The van der Waals surface area contributed by atoms with Crippen molar-refractivity contribution < 1.29 is 24.2 Å². The number of nitrogens with zero attached hydrogens (tertiary/aromatic N) is 1. The van der Waals surface area contributed by atoms with Gasteiger partial charge in [-0.2, -0.15) is 0 Å². The van der Waals surface area contributed by atoms with E-state index in [0.29, 0.717) is 13.0 Å². The van der Waals surface area contributed by atoms with Gasteiger partial charge in [0.15, 0.2) is 0 Å². The lowest BCUT2D eigenvalue weighted by atomic mass is 10.00. The highest BCUT2D eigenvalue weighted by Crippen LogP contribution is 2.33. The molecule has 2 heterocycles. The molecule has 0 spiro atoms. The SMILES string of the molecule is NCCC[C@@H](C(=O)O)N1C(=O)C2COCC2C1=O. The monoisotopic (exact) mass is 256 g/mol. The van der Waals surface area contributed by atoms with Crippen molar-refractivity contribution in [3.63, 3.8) is 0 Å². The van der Waals surface area contributed by atoms with Crippen LogP contribution in [0.4, 0.5) is 0 Å². The maximum Gasteiger partial charge on any atom is 0.326 e. The Hall–Kier alpha value is -1.47. The van der Waals surface area contributed by atoms with E-state index in [0.717, 1.165) is 4.90 Å². The highest BCUT2D eigenvalue weighted by Gasteiger charge is 2.53. The predicted molar refractivity (Wildman–Crippen MR) is 59.4 cm³/mol. The smallest absolute Gasteiger partial charge is 0.326 e. The number of rotatable bonds is 5. The molecule has 2 rings (SSSR count). The van der Waals surface area contributed by atoms with Crippen molar-refractivity contribution in [1.82, 2.24) is 4.90 Å². The van der Waals surface area contributed by atoms with Gasteiger partial charge in [-0.3, -0.25) is 14.5 Å². The Morgan fingerprint density at radius 2 is 1.94 bits per heavy atom. The van der Waals surface area contributed by atoms with Crippen LogP contribution in [0.15, 0.2) is 0 Å². The molecule has 0 aromatic rings. The van der Waals surface area contributed by atoms with Gasteiger partial charge in [-0.1, -0.05) is 0 Å². The largest absolute Gasteiger partial charge is 0.480 e. The van der Waals surface area contributed by atoms with Crippen molar-refractivity contribution >= 4 is 17.8 Å². The van der Waals surface area contributed by atoms with Gasteiger partial charge in [0.25, 0.3) is 0 Å². The van der Waals surface area contributed by atoms with E-state index in [1.807, 2.05) is 0 Å². The summed E-state index contributed by atoms with van der Waals surface area (Å²) in [5.74, 6) is -3.01. The van der Waals surface area contributed by atoms with Gasteiger partial charge in [0, 0.05) is 0 Å². The summed E-state index contributed by atoms with van der Waals surface area (Å²) in [6.07, 6.45) is 0.656. The summed E-state index contributed by atoms with van der Waals surface area (Å²) < 4.78 is 5.09. The first-order valence-corrected chi connectivity index (χ1v) is 5.95. The minimum absolute atomic E-state index is 0.198. The van der Waals surface area contributed by atoms with Crippen LogP contribution in [0.2, 0.25) is 0 Å². The molecule has 3 N–H and O–H groups in total. The number of aliphatic carboxylic acids is 1. The molecular formula is C11H16N2O5. The third kappa shape index (κ3) is 1.99. The number of fused-ring (bicyclic) bond motifs is 1. The molecule has 0 aliphatic carbocycles. The number of carboxylic acids is 1. The van der Waals surface area contributed by atoms with Gasteiger partial charge in [0.2, 0.25) is 11.8 Å². The van der Waals surface area contributed by atoms with Crippen LogP contribution in [-0.2, 0) is 19.1 Å². The quantitative estimate of drug-likeness (QED) is 0.598. The average molecular weight is 256 g/mol. The molecule has 0 aromatic carbocycles. The van der Waals surface area contributed by atoms with Crippen LogP contribution >= 0.6 is 0 Å². The van der Waals surface area contributed by atoms with Crippen LogP contribution < -0.4 is 5.73 Å². The Labute approximate surface area is 104 Å². The van der Waals surface area contributed by atoms with Gasteiger partial charge in [0.05, 0.1) is 25.0 Å². The second-order valence-electron chi connectivity index (χ2n) is 4.58. The molecule has 2 saturated heterocycles. The Bertz CT molecular complexity index is 362. The zero-order valence-electron chi connectivity index (χ0n) is 9.87. The number of hydrogen-bond acceptors (Lipinski definition) is 5. The molecule has 7 nitrogen and oxygen atoms in total. The average Bonchev–Trinajstić information content (AvgIpc) is 2.88. The molecule has 3 atom stereocenters. The molecule has 100 valence electrons. The Kier molecular flexibility index (Phi) is 3.63. The zero-order valence-corrected chi connectivity index (χ0v) is 9.87. The highest BCUT2D eigenvalue weighted by atomic mass is 16.5. The molecule has 0 bridgehead atoms. The zero-order chi connectivity index (χ0) is 13.3. The van der Waals surface area contributed by atoms with Crippen LogP contribution in [0, 0.1) is 11.8 Å². The fraction of sp³-hybridized carbons (Fsp3) is 0.727. The standard InChI is InChI=1S/C11H16N2O5/c12-3-1-2-8(11(16)17)13-9(14)6-4-18-5-7(6)10(13)15/h6-8H,1-5,12H2,(H,16,17)/t6?,7?,8-/m0/s1. The number of amides is 2. The lowest BCUT2D eigenvalue weighted by molar-refractivity contribution is -0.156. The van der Waals surface area contributed by atoms with Crippen LogP contribution in [-0.4, -0.2) is 53.6 Å². The molecule has 0 saturated carbocycles. The molecule has 18 heavy (non-hydrogen) atoms. The molecular weight excluding hydrogens is 240 g/mol. The molecule has 2 amide bonds. The van der Waals surface area contributed by atoms with E-state index in [1.165, 1.54) is 0 Å². The second kappa shape index (κ2) is 5.03. The molecule has 0 radical (unpaired) electrons. The molecule has 2 aliphatic heterocycles. The maximum absolute atomic E-state index is 12.0. The van der Waals surface area contributed by atoms with E-state index in [9.17, 15) is 14.4 Å². The van der Waals surface area contributed by atoms with E-state index in [4.69, 9.17) is 15.6 Å². The van der Waals surface area contributed by atoms with Crippen molar-refractivity contribution in [3.8, 4) is 0 Å². The van der Waals surface area contributed by atoms with E-state index in [-0.39, 0.29) is 19.6 Å². The normalized spacial score (nSPS) is 28.6. The summed E-state index contributed by atoms with van der Waals surface area (Å²) >= 11 is 0. The molecule has 2 fully saturated rings. The van der Waals surface area contributed by atoms with E-state index >= 15 is 0 Å². The van der Waals surface area contributed by atoms with Crippen molar-refractivity contribution in [2.24, 2.45) is 17.6 Å². The third-order valence-electron chi connectivity index (χ3n) is 3.47. The number of nitrogens with two attached hydrogens (primary N) is 1. The number of hydrogen-bond donors (Lipinski definition) is 2. The summed E-state index contributed by atoms with van der Waals surface area (Å²) in [6, 6.07) is -1.10. The fourth-order valence-electron chi connectivity index (χ4n) is 2.49. The number of imide groups is 1. The van der Waals surface area contributed by atoms with Crippen LogP contribution in [0.3, 0.4) is 0 Å². The molecule has 0 aromatic heterocycles. The van der Waals surface area contributed by atoms with E-state index in [1.54, 1.807) is 0 Å². The summed E-state index contributed by atoms with van der Waals surface area (Å²) in [5, 5.41) is 9.14. The Balaban J connectivity index is 2.17.